The van der Waals surface area contributed by atoms with Gasteiger partial charge in [0.25, 0.3) is 0 Å². The third kappa shape index (κ3) is 4.03. The third-order valence-corrected chi connectivity index (χ3v) is 4.93. The van der Waals surface area contributed by atoms with Gasteiger partial charge in [0, 0.05) is 18.4 Å². The van der Waals surface area contributed by atoms with Gasteiger partial charge in [-0.15, -0.1) is 0 Å². The van der Waals surface area contributed by atoms with Crippen molar-refractivity contribution in [2.45, 2.75) is 32.6 Å². The van der Waals surface area contributed by atoms with Crippen LogP contribution in [0.25, 0.3) is 11.4 Å². The molecule has 0 spiro atoms. The van der Waals surface area contributed by atoms with Crippen LogP contribution in [0.5, 0.6) is 0 Å². The second-order valence-corrected chi connectivity index (χ2v) is 7.33. The Bertz CT molecular complexity index is 1040. The van der Waals surface area contributed by atoms with Crippen LogP contribution in [-0.2, 0) is 16.0 Å². The average Bonchev–Trinajstić information content (AvgIpc) is 3.20. The molecule has 4 rings (SSSR count). The molecule has 0 atom stereocenters. The molecule has 0 unspecified atom stereocenters. The first-order chi connectivity index (χ1) is 14.0. The molecular weight excluding hydrogens is 368 g/mol. The lowest BCUT2D eigenvalue weighted by atomic mass is 10.0. The number of nitrogens with zero attached hydrogens (tertiary/aromatic N) is 3. The van der Waals surface area contributed by atoms with E-state index in [1.807, 2.05) is 30.3 Å². The van der Waals surface area contributed by atoms with Gasteiger partial charge in [-0.3, -0.25) is 9.59 Å². The number of aromatic nitrogens is 2. The number of amides is 2. The Labute approximate surface area is 168 Å². The lowest BCUT2D eigenvalue weighted by molar-refractivity contribution is -0.121. The molecule has 0 bridgehead atoms. The zero-order valence-corrected chi connectivity index (χ0v) is 16.4. The number of fused-ring (bicyclic) bond motifs is 1. The van der Waals surface area contributed by atoms with Crippen LogP contribution >= 0.6 is 0 Å². The summed E-state index contributed by atoms with van der Waals surface area (Å²) >= 11 is 0. The van der Waals surface area contributed by atoms with Crippen molar-refractivity contribution < 1.29 is 14.1 Å². The van der Waals surface area contributed by atoms with Crippen LogP contribution < -0.4 is 10.2 Å². The van der Waals surface area contributed by atoms with Crippen LogP contribution in [0.3, 0.4) is 0 Å². The number of para-hydroxylation sites is 2. The fourth-order valence-electron chi connectivity index (χ4n) is 3.30. The Morgan fingerprint density at radius 2 is 1.93 bits per heavy atom. The molecule has 7 nitrogen and oxygen atoms in total. The quantitative estimate of drug-likeness (QED) is 0.716. The number of rotatable bonds is 5. The van der Waals surface area contributed by atoms with E-state index in [4.69, 9.17) is 4.52 Å². The van der Waals surface area contributed by atoms with Gasteiger partial charge < -0.3 is 14.7 Å². The lowest BCUT2D eigenvalue weighted by Gasteiger charge is -2.29. The van der Waals surface area contributed by atoms with Gasteiger partial charge in [0.05, 0.1) is 11.4 Å². The topological polar surface area (TPSA) is 88.3 Å². The van der Waals surface area contributed by atoms with E-state index in [1.165, 1.54) is 10.5 Å². The number of aryl methyl sites for hydroxylation is 1. The molecule has 148 valence electrons. The molecule has 7 heteroatoms. The van der Waals surface area contributed by atoms with Crippen LogP contribution in [0.2, 0.25) is 0 Å². The van der Waals surface area contributed by atoms with Crippen LogP contribution in [0.4, 0.5) is 11.4 Å². The molecule has 0 fully saturated rings. The summed E-state index contributed by atoms with van der Waals surface area (Å²) in [6, 6.07) is 15.3. The van der Waals surface area contributed by atoms with Gasteiger partial charge in [-0.05, 0) is 23.6 Å². The molecular formula is C22H22N4O3. The number of anilines is 2. The minimum absolute atomic E-state index is 0.00707. The molecule has 0 saturated heterocycles. The highest BCUT2D eigenvalue weighted by Gasteiger charge is 2.26. The number of nitrogens with one attached hydrogen (secondary N) is 1. The predicted molar refractivity (Wildman–Crippen MR) is 110 cm³/mol. The Balaban J connectivity index is 1.42. The highest BCUT2D eigenvalue weighted by Crippen LogP contribution is 2.29. The normalized spacial score (nSPS) is 13.3. The van der Waals surface area contributed by atoms with Gasteiger partial charge in [-0.1, -0.05) is 55.4 Å². The van der Waals surface area contributed by atoms with Crippen molar-refractivity contribution in [1.82, 2.24) is 10.1 Å². The summed E-state index contributed by atoms with van der Waals surface area (Å²) in [5, 5.41) is 6.80. The van der Waals surface area contributed by atoms with Gasteiger partial charge in [0.1, 0.15) is 6.54 Å². The molecule has 1 aromatic heterocycles. The van der Waals surface area contributed by atoms with E-state index in [2.05, 4.69) is 41.4 Å². The fourth-order valence-corrected chi connectivity index (χ4v) is 3.30. The van der Waals surface area contributed by atoms with Crippen molar-refractivity contribution in [2.24, 2.45) is 0 Å². The van der Waals surface area contributed by atoms with E-state index in [0.29, 0.717) is 35.4 Å². The third-order valence-electron chi connectivity index (χ3n) is 4.93. The smallest absolute Gasteiger partial charge is 0.244 e. The number of hydrogen-bond donors (Lipinski definition) is 1. The SMILES string of the molecule is CC(C)c1ccc(-c2noc(CCC(=O)N3CC(=O)Nc4ccccc43)n2)cc1. The first kappa shape index (κ1) is 18.9. The van der Waals surface area contributed by atoms with Crippen molar-refractivity contribution >= 4 is 23.2 Å². The number of hydrogen-bond acceptors (Lipinski definition) is 5. The summed E-state index contributed by atoms with van der Waals surface area (Å²) in [5.41, 5.74) is 3.46. The molecule has 0 saturated carbocycles. The molecule has 3 aromatic rings. The maximum absolute atomic E-state index is 12.7. The predicted octanol–water partition coefficient (Wildman–Crippen LogP) is 3.78. The van der Waals surface area contributed by atoms with Crippen LogP contribution in [0, 0.1) is 0 Å². The molecule has 2 amide bonds. The van der Waals surface area contributed by atoms with Crippen molar-refractivity contribution in [2.75, 3.05) is 16.8 Å². The lowest BCUT2D eigenvalue weighted by Crippen LogP contribution is -2.42. The van der Waals surface area contributed by atoms with Gasteiger partial charge in [-0.2, -0.15) is 4.98 Å². The Morgan fingerprint density at radius 1 is 1.17 bits per heavy atom. The maximum Gasteiger partial charge on any atom is 0.244 e. The van der Waals surface area contributed by atoms with E-state index in [1.54, 1.807) is 6.07 Å². The number of carbonyl (C=O) groups is 2. The molecule has 1 aliphatic heterocycles. The summed E-state index contributed by atoms with van der Waals surface area (Å²) in [7, 11) is 0. The van der Waals surface area contributed by atoms with Gasteiger partial charge in [0.15, 0.2) is 0 Å². The van der Waals surface area contributed by atoms with Crippen molar-refractivity contribution in [3.63, 3.8) is 0 Å². The van der Waals surface area contributed by atoms with Gasteiger partial charge in [0.2, 0.25) is 23.5 Å². The fraction of sp³-hybridized carbons (Fsp3) is 0.273. The second kappa shape index (κ2) is 7.87. The zero-order valence-electron chi connectivity index (χ0n) is 16.4. The maximum atomic E-state index is 12.7. The highest BCUT2D eigenvalue weighted by atomic mass is 16.5. The molecule has 1 N–H and O–H groups in total. The van der Waals surface area contributed by atoms with E-state index in [0.717, 1.165) is 5.56 Å². The monoisotopic (exact) mass is 390 g/mol. The highest BCUT2D eigenvalue weighted by molar-refractivity contribution is 6.09. The molecule has 2 aromatic carbocycles. The molecule has 29 heavy (non-hydrogen) atoms. The van der Waals surface area contributed by atoms with E-state index >= 15 is 0 Å². The summed E-state index contributed by atoms with van der Waals surface area (Å²) in [5.74, 6) is 0.995. The molecule has 2 heterocycles. The average molecular weight is 390 g/mol. The largest absolute Gasteiger partial charge is 0.339 e. The Morgan fingerprint density at radius 3 is 2.69 bits per heavy atom. The molecule has 0 aliphatic carbocycles. The van der Waals surface area contributed by atoms with Crippen LogP contribution in [-0.4, -0.2) is 28.5 Å². The Kier molecular flexibility index (Phi) is 5.12. The van der Waals surface area contributed by atoms with Crippen LogP contribution in [0.15, 0.2) is 53.1 Å². The standard InChI is InChI=1S/C22H22N4O3/c1-14(2)15-7-9-16(10-8-15)22-24-20(29-25-22)11-12-21(28)26-13-19(27)23-17-5-3-4-6-18(17)26/h3-10,14H,11-13H2,1-2H3,(H,23,27). The summed E-state index contributed by atoms with van der Waals surface area (Å²) in [4.78, 5) is 30.5. The summed E-state index contributed by atoms with van der Waals surface area (Å²) < 4.78 is 5.31. The minimum atomic E-state index is -0.207. The zero-order chi connectivity index (χ0) is 20.4. The number of benzene rings is 2. The van der Waals surface area contributed by atoms with Crippen molar-refractivity contribution in [3.05, 3.63) is 60.0 Å². The molecule has 0 radical (unpaired) electrons. The van der Waals surface area contributed by atoms with Gasteiger partial charge >= 0.3 is 0 Å². The summed E-state index contributed by atoms with van der Waals surface area (Å²) in [6.45, 7) is 4.29. The molecule has 1 aliphatic rings. The van der Waals surface area contributed by atoms with E-state index in [-0.39, 0.29) is 24.8 Å². The first-order valence-corrected chi connectivity index (χ1v) is 9.63. The minimum Gasteiger partial charge on any atom is -0.339 e. The van der Waals surface area contributed by atoms with Crippen molar-refractivity contribution in [1.29, 1.82) is 0 Å². The van der Waals surface area contributed by atoms with Crippen LogP contribution in [0.1, 0.15) is 37.6 Å². The van der Waals surface area contributed by atoms with Crippen molar-refractivity contribution in [3.8, 4) is 11.4 Å². The Hall–Kier alpha value is -3.48. The first-order valence-electron chi connectivity index (χ1n) is 9.63. The summed E-state index contributed by atoms with van der Waals surface area (Å²) in [6.07, 6.45) is 0.492. The van der Waals surface area contributed by atoms with Gasteiger partial charge in [-0.25, -0.2) is 0 Å². The second-order valence-electron chi connectivity index (χ2n) is 7.33. The van der Waals surface area contributed by atoms with E-state index < -0.39 is 0 Å². The van der Waals surface area contributed by atoms with E-state index in [9.17, 15) is 9.59 Å². The number of carbonyl (C=O) groups excluding carboxylic acids is 2.